The number of ether oxygens (including phenoxy) is 3. The van der Waals surface area contributed by atoms with Crippen LogP contribution in [-0.4, -0.2) is 55.5 Å². The Morgan fingerprint density at radius 2 is 1.25 bits per heavy atom. The van der Waals surface area contributed by atoms with E-state index in [1.807, 2.05) is 18.2 Å². The number of rotatable bonds is 37. The number of unbranched alkanes of at least 4 members (excludes halogenated alkanes) is 12. The Kier molecular flexibility index (Phi) is 32.6. The second-order valence-corrected chi connectivity index (χ2v) is 15.0. The fourth-order valence-electron chi connectivity index (χ4n) is 5.50. The van der Waals surface area contributed by atoms with Crippen molar-refractivity contribution in [2.45, 2.75) is 167 Å². The van der Waals surface area contributed by atoms with Crippen LogP contribution in [0, 0.1) is 0 Å². The molecule has 1 aliphatic heterocycles. The highest BCUT2D eigenvalue weighted by Gasteiger charge is 2.35. The number of phosphoric acid groups is 1. The van der Waals surface area contributed by atoms with Crippen LogP contribution in [0.1, 0.15) is 149 Å². The summed E-state index contributed by atoms with van der Waals surface area (Å²) in [5, 5.41) is 0. The highest BCUT2D eigenvalue weighted by molar-refractivity contribution is 7.47. The molecular formula is C43H74NO8P. The van der Waals surface area contributed by atoms with E-state index in [0.717, 1.165) is 51.4 Å². The van der Waals surface area contributed by atoms with Gasteiger partial charge in [0.15, 0.2) is 6.10 Å². The van der Waals surface area contributed by atoms with Gasteiger partial charge in [-0.25, -0.2) is 4.57 Å². The zero-order valence-electron chi connectivity index (χ0n) is 33.2. The van der Waals surface area contributed by atoms with Crippen molar-refractivity contribution < 1.29 is 37.5 Å². The smallest absolute Gasteiger partial charge is 0.472 e. The van der Waals surface area contributed by atoms with E-state index in [0.29, 0.717) is 18.6 Å². The zero-order valence-corrected chi connectivity index (χ0v) is 34.1. The van der Waals surface area contributed by atoms with Crippen LogP contribution in [0.25, 0.3) is 0 Å². The maximum atomic E-state index is 12.5. The Hall–Kier alpha value is -2.26. The van der Waals surface area contributed by atoms with Crippen molar-refractivity contribution in [1.82, 2.24) is 0 Å². The Labute approximate surface area is 322 Å². The molecule has 0 spiro atoms. The van der Waals surface area contributed by atoms with Gasteiger partial charge in [0.1, 0.15) is 6.61 Å². The largest absolute Gasteiger partial charge is 0.498 e. The molecule has 0 aromatic heterocycles. The molecule has 0 amide bonds. The van der Waals surface area contributed by atoms with Crippen molar-refractivity contribution in [3.05, 3.63) is 73.1 Å². The van der Waals surface area contributed by atoms with Gasteiger partial charge in [-0.05, 0) is 63.9 Å². The average molecular weight is 764 g/mol. The first-order chi connectivity index (χ1) is 25.9. The van der Waals surface area contributed by atoms with E-state index in [1.54, 1.807) is 6.26 Å². The van der Waals surface area contributed by atoms with E-state index >= 15 is 0 Å². The summed E-state index contributed by atoms with van der Waals surface area (Å²) in [6.45, 7) is 4.01. The van der Waals surface area contributed by atoms with E-state index < -0.39 is 19.9 Å². The summed E-state index contributed by atoms with van der Waals surface area (Å²) in [4.78, 5) is 22.4. The Bertz CT molecular complexity index is 1100. The van der Waals surface area contributed by atoms with Crippen molar-refractivity contribution >= 4 is 13.8 Å². The number of nitrogens with two attached hydrogens (primary N) is 1. The molecule has 0 aliphatic carbocycles. The number of epoxide rings is 1. The average Bonchev–Trinajstić information content (AvgIpc) is 3.90. The fraction of sp³-hybridized carbons (Fsp3) is 0.698. The summed E-state index contributed by atoms with van der Waals surface area (Å²) >= 11 is 0. The minimum Gasteiger partial charge on any atom is -0.498 e. The molecule has 0 aromatic carbocycles. The Morgan fingerprint density at radius 3 is 1.83 bits per heavy atom. The third-order valence-corrected chi connectivity index (χ3v) is 9.60. The zero-order chi connectivity index (χ0) is 38.5. The van der Waals surface area contributed by atoms with Gasteiger partial charge in [0, 0.05) is 13.0 Å². The van der Waals surface area contributed by atoms with Crippen LogP contribution >= 0.6 is 7.82 Å². The van der Waals surface area contributed by atoms with E-state index in [-0.39, 0.29) is 32.8 Å². The van der Waals surface area contributed by atoms with Gasteiger partial charge in [-0.2, -0.15) is 0 Å². The van der Waals surface area contributed by atoms with Crippen LogP contribution in [0.5, 0.6) is 0 Å². The predicted molar refractivity (Wildman–Crippen MR) is 218 cm³/mol. The highest BCUT2D eigenvalue weighted by Crippen LogP contribution is 2.43. The van der Waals surface area contributed by atoms with Gasteiger partial charge in [-0.15, -0.1) is 0 Å². The molecule has 3 N–H and O–H groups in total. The molecule has 1 aliphatic rings. The summed E-state index contributed by atoms with van der Waals surface area (Å²) < 4.78 is 38.7. The predicted octanol–water partition coefficient (Wildman–Crippen LogP) is 11.3. The van der Waals surface area contributed by atoms with Crippen molar-refractivity contribution in [2.24, 2.45) is 5.73 Å². The molecule has 1 heterocycles. The first-order valence-corrected chi connectivity index (χ1v) is 22.1. The van der Waals surface area contributed by atoms with Crippen LogP contribution in [0.2, 0.25) is 0 Å². The van der Waals surface area contributed by atoms with Gasteiger partial charge in [-0.3, -0.25) is 13.8 Å². The molecule has 9 nitrogen and oxygen atoms in total. The Morgan fingerprint density at radius 1 is 0.698 bits per heavy atom. The topological polar surface area (TPSA) is 130 Å². The van der Waals surface area contributed by atoms with E-state index in [4.69, 9.17) is 29.0 Å². The number of carbonyl (C=O) groups is 1. The van der Waals surface area contributed by atoms with Crippen molar-refractivity contribution in [2.75, 3.05) is 26.4 Å². The number of hydrogen-bond donors (Lipinski definition) is 2. The van der Waals surface area contributed by atoms with Gasteiger partial charge in [0.2, 0.25) is 0 Å². The first-order valence-electron chi connectivity index (χ1n) is 20.6. The lowest BCUT2D eigenvalue weighted by atomic mass is 10.0. The number of hydrogen-bond acceptors (Lipinski definition) is 8. The molecule has 1 saturated heterocycles. The van der Waals surface area contributed by atoms with E-state index in [2.05, 4.69) is 62.5 Å². The summed E-state index contributed by atoms with van der Waals surface area (Å²) in [6, 6.07) is 0. The molecule has 0 saturated carbocycles. The molecular weight excluding hydrogens is 689 g/mol. The molecule has 304 valence electrons. The van der Waals surface area contributed by atoms with Crippen molar-refractivity contribution in [1.29, 1.82) is 0 Å². The molecule has 3 unspecified atom stereocenters. The quantitative estimate of drug-likeness (QED) is 0.0159. The van der Waals surface area contributed by atoms with Gasteiger partial charge >= 0.3 is 13.8 Å². The summed E-state index contributed by atoms with van der Waals surface area (Å²) in [5.74, 6) is -0.439. The van der Waals surface area contributed by atoms with Gasteiger partial charge in [0.05, 0.1) is 31.7 Å². The summed E-state index contributed by atoms with van der Waals surface area (Å²) in [7, 11) is -4.32. The van der Waals surface area contributed by atoms with Crippen molar-refractivity contribution in [3.8, 4) is 0 Å². The first kappa shape index (κ1) is 48.8. The van der Waals surface area contributed by atoms with E-state index in [9.17, 15) is 14.3 Å². The van der Waals surface area contributed by atoms with Gasteiger partial charge < -0.3 is 24.8 Å². The summed E-state index contributed by atoms with van der Waals surface area (Å²) in [5.41, 5.74) is 5.35. The lowest BCUT2D eigenvalue weighted by Crippen LogP contribution is -2.27. The fourth-order valence-corrected chi connectivity index (χ4v) is 6.26. The lowest BCUT2D eigenvalue weighted by Gasteiger charge is -2.19. The number of allylic oxidation sites excluding steroid dienone is 9. The van der Waals surface area contributed by atoms with Crippen LogP contribution in [-0.2, 0) is 32.6 Å². The van der Waals surface area contributed by atoms with Crippen LogP contribution < -0.4 is 5.73 Å². The molecule has 1 rings (SSSR count). The molecule has 0 radical (unpaired) electrons. The molecule has 1 fully saturated rings. The molecule has 4 atom stereocenters. The van der Waals surface area contributed by atoms with Crippen molar-refractivity contribution in [3.63, 3.8) is 0 Å². The maximum absolute atomic E-state index is 12.5. The van der Waals surface area contributed by atoms with Gasteiger partial charge in [0.25, 0.3) is 0 Å². The van der Waals surface area contributed by atoms with Gasteiger partial charge in [-0.1, -0.05) is 145 Å². The monoisotopic (exact) mass is 764 g/mol. The standard InChI is InChI=1S/C43H74NO8P/c1-3-5-7-8-9-10-11-12-15-18-21-24-27-31-36-48-38-40(39-50-53(46,47)49-37-35-44)51-43(45)34-30-26-23-20-17-14-13-16-19-22-25-29-33-42-41(52-42)32-28-6-4-2/h6,14,16-17,19,23,25-26,28-29,31,36,40-42H,3-5,7-13,15,18,20-22,24,27,30,32-35,37-39,44H2,1-2H3,(H,46,47)/b17-14-,19-16-,26-23-,28-6-,29-25-,36-31+/t40-,41?,42?/m1/s1. The maximum Gasteiger partial charge on any atom is 0.472 e. The molecule has 0 bridgehead atoms. The number of phosphoric ester groups is 1. The minimum absolute atomic E-state index is 0.00398. The lowest BCUT2D eigenvalue weighted by molar-refractivity contribution is -0.153. The second-order valence-electron chi connectivity index (χ2n) is 13.6. The number of carbonyl (C=O) groups excluding carboxylic acids is 1. The highest BCUT2D eigenvalue weighted by atomic mass is 31.2. The molecule has 10 heteroatoms. The van der Waals surface area contributed by atoms with Crippen LogP contribution in [0.15, 0.2) is 73.1 Å². The SMILES string of the molecule is CC/C=C\CC1OC1C/C=C\C/C=C\C/C=C\C/C=C\CCC(=O)O[C@H](CO/C=C/CCCCCCCCCCCCCC)COP(=O)(O)OCCN. The third-order valence-electron chi connectivity index (χ3n) is 8.62. The minimum atomic E-state index is -4.32. The number of esters is 1. The van der Waals surface area contributed by atoms with E-state index in [1.165, 1.54) is 70.6 Å². The normalized spacial score (nSPS) is 18.0. The van der Waals surface area contributed by atoms with Crippen LogP contribution in [0.4, 0.5) is 0 Å². The molecule has 0 aromatic rings. The second kappa shape index (κ2) is 35.4. The third kappa shape index (κ3) is 32.9. The van der Waals surface area contributed by atoms with Crippen LogP contribution in [0.3, 0.4) is 0 Å². The Balaban J connectivity index is 2.22. The molecule has 53 heavy (non-hydrogen) atoms. The summed E-state index contributed by atoms with van der Waals surface area (Å²) in [6.07, 6.45) is 47.8.